The number of nitrogens with one attached hydrogen (secondary N) is 1. The fourth-order valence-corrected chi connectivity index (χ4v) is 1.60. The largest absolute Gasteiger partial charge is 0.467 e. The molecule has 0 amide bonds. The first-order valence-electron chi connectivity index (χ1n) is 5.08. The molecule has 17 heavy (non-hydrogen) atoms. The van der Waals surface area contributed by atoms with Crippen LogP contribution in [-0.4, -0.2) is 28.2 Å². The molecule has 0 aliphatic carbocycles. The molecule has 0 radical (unpaired) electrons. The van der Waals surface area contributed by atoms with Crippen molar-refractivity contribution in [1.82, 2.24) is 9.97 Å². The van der Waals surface area contributed by atoms with Gasteiger partial charge in [0.05, 0.1) is 7.11 Å². The van der Waals surface area contributed by atoms with Gasteiger partial charge in [0.15, 0.2) is 6.10 Å². The van der Waals surface area contributed by atoms with Crippen LogP contribution in [0, 0.1) is 0 Å². The Morgan fingerprint density at radius 3 is 2.88 bits per heavy atom. The van der Waals surface area contributed by atoms with Crippen molar-refractivity contribution in [2.75, 3.05) is 7.11 Å². The van der Waals surface area contributed by atoms with Crippen molar-refractivity contribution >= 4 is 5.97 Å². The Morgan fingerprint density at radius 2 is 2.24 bits per heavy atom. The normalized spacial score (nSPS) is 12.1. The first kappa shape index (κ1) is 11.3. The van der Waals surface area contributed by atoms with Gasteiger partial charge < -0.3 is 14.8 Å². The first-order chi connectivity index (χ1) is 8.24. The average molecular weight is 232 g/mol. The monoisotopic (exact) mass is 232 g/mol. The van der Waals surface area contributed by atoms with Gasteiger partial charge in [-0.05, 0) is 0 Å². The number of ether oxygens (including phenoxy) is 1. The number of benzene rings is 1. The van der Waals surface area contributed by atoms with E-state index in [0.717, 1.165) is 0 Å². The van der Waals surface area contributed by atoms with E-state index in [2.05, 4.69) is 14.7 Å². The second-order valence-electron chi connectivity index (χ2n) is 3.45. The molecule has 5 nitrogen and oxygen atoms in total. The van der Waals surface area contributed by atoms with Gasteiger partial charge in [0, 0.05) is 23.5 Å². The van der Waals surface area contributed by atoms with E-state index in [9.17, 15) is 9.90 Å². The number of aliphatic hydroxyl groups excluding tert-OH is 1. The number of hydrogen-bond acceptors (Lipinski definition) is 4. The highest BCUT2D eigenvalue weighted by molar-refractivity contribution is 5.79. The van der Waals surface area contributed by atoms with E-state index >= 15 is 0 Å². The Kier molecular flexibility index (Phi) is 3.20. The summed E-state index contributed by atoms with van der Waals surface area (Å²) in [7, 11) is 1.24. The topological polar surface area (TPSA) is 75.2 Å². The van der Waals surface area contributed by atoms with Crippen LogP contribution in [-0.2, 0) is 9.53 Å². The standard InChI is InChI=1S/C12H12N2O3/c1-17-12(16)10(15)8-4-2-3-5-9(8)11-13-6-7-14-11/h2-7,10,15H,1H3,(H,13,14). The van der Waals surface area contributed by atoms with Gasteiger partial charge in [-0.2, -0.15) is 0 Å². The van der Waals surface area contributed by atoms with Crippen molar-refractivity contribution in [3.05, 3.63) is 42.2 Å². The summed E-state index contributed by atoms with van der Waals surface area (Å²) in [4.78, 5) is 18.4. The maximum atomic E-state index is 11.3. The van der Waals surface area contributed by atoms with Gasteiger partial charge in [-0.3, -0.25) is 0 Å². The number of nitrogens with zero attached hydrogens (tertiary/aromatic N) is 1. The average Bonchev–Trinajstić information content (AvgIpc) is 2.90. The van der Waals surface area contributed by atoms with Crippen LogP contribution in [0.3, 0.4) is 0 Å². The smallest absolute Gasteiger partial charge is 0.339 e. The Hall–Kier alpha value is -2.14. The van der Waals surface area contributed by atoms with E-state index in [1.54, 1.807) is 30.6 Å². The van der Waals surface area contributed by atoms with E-state index < -0.39 is 12.1 Å². The molecule has 1 aromatic carbocycles. The summed E-state index contributed by atoms with van der Waals surface area (Å²) < 4.78 is 4.52. The summed E-state index contributed by atoms with van der Waals surface area (Å²) in [5, 5.41) is 9.85. The minimum absolute atomic E-state index is 0.467. The van der Waals surface area contributed by atoms with Crippen LogP contribution in [0.15, 0.2) is 36.7 Å². The highest BCUT2D eigenvalue weighted by Crippen LogP contribution is 2.26. The number of methoxy groups -OCH3 is 1. The molecule has 1 heterocycles. The van der Waals surface area contributed by atoms with Crippen molar-refractivity contribution < 1.29 is 14.6 Å². The Balaban J connectivity index is 2.44. The lowest BCUT2D eigenvalue weighted by atomic mass is 10.0. The summed E-state index contributed by atoms with van der Waals surface area (Å²) >= 11 is 0. The molecule has 0 spiro atoms. The first-order valence-corrected chi connectivity index (χ1v) is 5.08. The summed E-state index contributed by atoms with van der Waals surface area (Å²) in [6.07, 6.45) is 1.98. The highest BCUT2D eigenvalue weighted by Gasteiger charge is 2.21. The molecule has 5 heteroatoms. The zero-order valence-corrected chi connectivity index (χ0v) is 9.25. The molecule has 0 fully saturated rings. The fourth-order valence-electron chi connectivity index (χ4n) is 1.60. The van der Waals surface area contributed by atoms with E-state index in [4.69, 9.17) is 0 Å². The minimum Gasteiger partial charge on any atom is -0.467 e. The highest BCUT2D eigenvalue weighted by atomic mass is 16.5. The molecule has 0 bridgehead atoms. The van der Waals surface area contributed by atoms with Crippen LogP contribution >= 0.6 is 0 Å². The van der Waals surface area contributed by atoms with Gasteiger partial charge in [0.1, 0.15) is 5.82 Å². The number of rotatable bonds is 3. The molecule has 0 saturated carbocycles. The second kappa shape index (κ2) is 4.80. The molecule has 0 aliphatic rings. The lowest BCUT2D eigenvalue weighted by Crippen LogP contribution is -2.14. The summed E-state index contributed by atoms with van der Waals surface area (Å²) in [6, 6.07) is 7.00. The van der Waals surface area contributed by atoms with Gasteiger partial charge in [0.2, 0.25) is 0 Å². The third kappa shape index (κ3) is 2.19. The number of H-pyrrole nitrogens is 1. The van der Waals surface area contributed by atoms with Crippen molar-refractivity contribution in [3.63, 3.8) is 0 Å². The van der Waals surface area contributed by atoms with Crippen LogP contribution in [0.2, 0.25) is 0 Å². The van der Waals surface area contributed by atoms with Crippen LogP contribution in [0.1, 0.15) is 11.7 Å². The second-order valence-corrected chi connectivity index (χ2v) is 3.45. The van der Waals surface area contributed by atoms with E-state index in [1.165, 1.54) is 7.11 Å². The van der Waals surface area contributed by atoms with Gasteiger partial charge in [-0.15, -0.1) is 0 Å². The molecule has 1 atom stereocenters. The predicted octanol–water partition coefficient (Wildman–Crippen LogP) is 1.28. The molecular weight excluding hydrogens is 220 g/mol. The number of carbonyl (C=O) groups is 1. The van der Waals surface area contributed by atoms with E-state index in [-0.39, 0.29) is 0 Å². The van der Waals surface area contributed by atoms with Gasteiger partial charge in [-0.1, -0.05) is 24.3 Å². The number of aromatic amines is 1. The molecule has 0 aliphatic heterocycles. The van der Waals surface area contributed by atoms with Crippen LogP contribution in [0.25, 0.3) is 11.4 Å². The number of aliphatic hydroxyl groups is 1. The Labute approximate surface area is 98.1 Å². The lowest BCUT2D eigenvalue weighted by Gasteiger charge is -2.12. The summed E-state index contributed by atoms with van der Waals surface area (Å²) in [5.41, 5.74) is 1.14. The third-order valence-electron chi connectivity index (χ3n) is 2.43. The van der Waals surface area contributed by atoms with Crippen molar-refractivity contribution in [1.29, 1.82) is 0 Å². The van der Waals surface area contributed by atoms with Crippen molar-refractivity contribution in [3.8, 4) is 11.4 Å². The van der Waals surface area contributed by atoms with Gasteiger partial charge in [-0.25, -0.2) is 9.78 Å². The molecule has 1 aromatic heterocycles. The third-order valence-corrected chi connectivity index (χ3v) is 2.43. The Bertz CT molecular complexity index is 508. The van der Waals surface area contributed by atoms with Crippen LogP contribution < -0.4 is 0 Å². The lowest BCUT2D eigenvalue weighted by molar-refractivity contribution is -0.150. The molecule has 88 valence electrons. The minimum atomic E-state index is -1.30. The zero-order valence-electron chi connectivity index (χ0n) is 9.25. The quantitative estimate of drug-likeness (QED) is 0.782. The maximum absolute atomic E-state index is 11.3. The van der Waals surface area contributed by atoms with Crippen molar-refractivity contribution in [2.45, 2.75) is 6.10 Å². The van der Waals surface area contributed by atoms with Crippen LogP contribution in [0.5, 0.6) is 0 Å². The fraction of sp³-hybridized carbons (Fsp3) is 0.167. The summed E-state index contributed by atoms with van der Waals surface area (Å²) in [6.45, 7) is 0. The molecule has 2 aromatic rings. The number of aromatic nitrogens is 2. The molecule has 2 rings (SSSR count). The maximum Gasteiger partial charge on any atom is 0.339 e. The molecule has 2 N–H and O–H groups in total. The number of carbonyl (C=O) groups excluding carboxylic acids is 1. The summed E-state index contributed by atoms with van der Waals surface area (Å²) in [5.74, 6) is -0.0902. The number of esters is 1. The zero-order chi connectivity index (χ0) is 12.3. The van der Waals surface area contributed by atoms with E-state index in [1.807, 2.05) is 6.07 Å². The predicted molar refractivity (Wildman–Crippen MR) is 61.0 cm³/mol. The number of hydrogen-bond donors (Lipinski definition) is 2. The molecule has 1 unspecified atom stereocenters. The SMILES string of the molecule is COC(=O)C(O)c1ccccc1-c1ncc[nH]1. The molecular formula is C12H12N2O3. The Morgan fingerprint density at radius 1 is 1.47 bits per heavy atom. The van der Waals surface area contributed by atoms with E-state index in [0.29, 0.717) is 17.0 Å². The number of imidazole rings is 1. The van der Waals surface area contributed by atoms with Gasteiger partial charge >= 0.3 is 5.97 Å². The van der Waals surface area contributed by atoms with Gasteiger partial charge in [0.25, 0.3) is 0 Å². The molecule has 0 saturated heterocycles. The van der Waals surface area contributed by atoms with Crippen molar-refractivity contribution in [2.24, 2.45) is 0 Å². The van der Waals surface area contributed by atoms with Crippen LogP contribution in [0.4, 0.5) is 0 Å².